The molecule has 0 unspecified atom stereocenters. The molecule has 1 atom stereocenters. The fourth-order valence-electron chi connectivity index (χ4n) is 3.70. The Morgan fingerprint density at radius 3 is 2.67 bits per heavy atom. The highest BCUT2D eigenvalue weighted by molar-refractivity contribution is 5.98. The third-order valence-electron chi connectivity index (χ3n) is 5.46. The van der Waals surface area contributed by atoms with Crippen molar-refractivity contribution in [2.45, 2.75) is 25.9 Å². The average molecular weight is 449 g/mol. The second kappa shape index (κ2) is 9.68. The number of carbonyl (C=O) groups excluding carboxylic acids is 2. The summed E-state index contributed by atoms with van der Waals surface area (Å²) in [6.45, 7) is 1.83. The third kappa shape index (κ3) is 5.28. The number of halogens is 1. The lowest BCUT2D eigenvalue weighted by Crippen LogP contribution is -2.33. The molecule has 4 rings (SSSR count). The third-order valence-corrected chi connectivity index (χ3v) is 5.46. The number of anilines is 1. The van der Waals surface area contributed by atoms with E-state index in [1.807, 2.05) is 12.1 Å². The first-order valence-electron chi connectivity index (χ1n) is 10.6. The van der Waals surface area contributed by atoms with Crippen molar-refractivity contribution >= 4 is 23.4 Å². The van der Waals surface area contributed by atoms with Gasteiger partial charge >= 0.3 is 6.09 Å². The number of rotatable bonds is 8. The van der Waals surface area contributed by atoms with Crippen LogP contribution in [0.25, 0.3) is 11.1 Å². The lowest BCUT2D eigenvalue weighted by molar-refractivity contribution is -0.119. The molecule has 0 bridgehead atoms. The van der Waals surface area contributed by atoms with Gasteiger partial charge in [0.25, 0.3) is 0 Å². The quantitative estimate of drug-likeness (QED) is 0.493. The van der Waals surface area contributed by atoms with Crippen LogP contribution in [-0.4, -0.2) is 36.9 Å². The summed E-state index contributed by atoms with van der Waals surface area (Å²) >= 11 is 0. The fourth-order valence-corrected chi connectivity index (χ4v) is 3.70. The highest BCUT2D eigenvalue weighted by atomic mass is 19.1. The number of amides is 2. The maximum atomic E-state index is 14.9. The SMILES string of the molecule is CC(=O)NC[C@H]1CN(c2ccc(-c3ccc(C(=N)CCc4ccco4)cc3)c(F)c2)C(=O)O1. The van der Waals surface area contributed by atoms with Crippen LogP contribution >= 0.6 is 0 Å². The number of carbonyl (C=O) groups is 2. The van der Waals surface area contributed by atoms with Crippen molar-refractivity contribution in [1.29, 1.82) is 5.41 Å². The molecule has 1 aromatic heterocycles. The van der Waals surface area contributed by atoms with Gasteiger partial charge in [-0.25, -0.2) is 9.18 Å². The minimum Gasteiger partial charge on any atom is -0.469 e. The van der Waals surface area contributed by atoms with E-state index in [-0.39, 0.29) is 19.0 Å². The summed E-state index contributed by atoms with van der Waals surface area (Å²) < 4.78 is 25.5. The van der Waals surface area contributed by atoms with Gasteiger partial charge in [0.15, 0.2) is 0 Å². The van der Waals surface area contributed by atoms with Gasteiger partial charge in [-0.05, 0) is 47.9 Å². The van der Waals surface area contributed by atoms with Crippen molar-refractivity contribution < 1.29 is 23.1 Å². The van der Waals surface area contributed by atoms with E-state index >= 15 is 0 Å². The van der Waals surface area contributed by atoms with Gasteiger partial charge in [0, 0.05) is 24.6 Å². The summed E-state index contributed by atoms with van der Waals surface area (Å²) in [6, 6.07) is 15.5. The van der Waals surface area contributed by atoms with Crippen LogP contribution in [0.3, 0.4) is 0 Å². The monoisotopic (exact) mass is 449 g/mol. The summed E-state index contributed by atoms with van der Waals surface area (Å²) in [5.41, 5.74) is 2.72. The summed E-state index contributed by atoms with van der Waals surface area (Å²) in [7, 11) is 0. The molecule has 33 heavy (non-hydrogen) atoms. The molecule has 2 N–H and O–H groups in total. The smallest absolute Gasteiger partial charge is 0.414 e. The van der Waals surface area contributed by atoms with Gasteiger partial charge in [0.05, 0.1) is 25.0 Å². The number of cyclic esters (lactones) is 1. The zero-order chi connectivity index (χ0) is 23.4. The fraction of sp³-hybridized carbons (Fsp3) is 0.240. The van der Waals surface area contributed by atoms with Crippen LogP contribution in [0.4, 0.5) is 14.9 Å². The van der Waals surface area contributed by atoms with E-state index in [9.17, 15) is 14.0 Å². The van der Waals surface area contributed by atoms with Gasteiger partial charge in [0.1, 0.15) is 17.7 Å². The van der Waals surface area contributed by atoms with Gasteiger partial charge in [0.2, 0.25) is 5.91 Å². The Morgan fingerprint density at radius 2 is 2.00 bits per heavy atom. The molecule has 170 valence electrons. The van der Waals surface area contributed by atoms with Crippen LogP contribution in [0, 0.1) is 11.2 Å². The standard InChI is InChI=1S/C25H24FN3O4/c1-16(30)28-14-21-15-29(25(31)33-21)19-8-10-22(23(26)13-19)17-4-6-18(7-5-17)24(27)11-9-20-3-2-12-32-20/h2-8,10,12-13,21,27H,9,11,14-15H2,1H3,(H,28,30)/t21-/m0/s1. The number of benzene rings is 2. The molecule has 0 radical (unpaired) electrons. The predicted octanol–water partition coefficient (Wildman–Crippen LogP) is 4.55. The Morgan fingerprint density at radius 1 is 1.21 bits per heavy atom. The molecule has 0 spiro atoms. The van der Waals surface area contributed by atoms with Crippen molar-refractivity contribution in [1.82, 2.24) is 5.32 Å². The number of furan rings is 1. The van der Waals surface area contributed by atoms with Crippen molar-refractivity contribution in [3.63, 3.8) is 0 Å². The molecule has 0 saturated carbocycles. The van der Waals surface area contributed by atoms with Crippen LogP contribution in [0.1, 0.15) is 24.7 Å². The summed E-state index contributed by atoms with van der Waals surface area (Å²) in [5.74, 6) is 0.159. The molecule has 3 aromatic rings. The van der Waals surface area contributed by atoms with Crippen molar-refractivity contribution in [3.05, 3.63) is 78.0 Å². The molecule has 2 heterocycles. The minimum absolute atomic E-state index is 0.209. The maximum absolute atomic E-state index is 14.9. The number of nitrogens with zero attached hydrogens (tertiary/aromatic N) is 1. The van der Waals surface area contributed by atoms with Crippen LogP contribution in [0.15, 0.2) is 65.3 Å². The van der Waals surface area contributed by atoms with E-state index in [2.05, 4.69) is 5.32 Å². The lowest BCUT2D eigenvalue weighted by Gasteiger charge is -2.15. The van der Waals surface area contributed by atoms with Gasteiger partial charge in [-0.3, -0.25) is 9.69 Å². The maximum Gasteiger partial charge on any atom is 0.414 e. The first-order valence-corrected chi connectivity index (χ1v) is 10.6. The van der Waals surface area contributed by atoms with Gasteiger partial charge in [-0.15, -0.1) is 0 Å². The Kier molecular flexibility index (Phi) is 6.53. The van der Waals surface area contributed by atoms with Crippen molar-refractivity contribution in [3.8, 4) is 11.1 Å². The largest absolute Gasteiger partial charge is 0.469 e. The molecule has 1 aliphatic heterocycles. The van der Waals surface area contributed by atoms with Crippen molar-refractivity contribution in [2.24, 2.45) is 0 Å². The lowest BCUT2D eigenvalue weighted by atomic mass is 9.99. The van der Waals surface area contributed by atoms with Crippen LogP contribution in [-0.2, 0) is 16.0 Å². The highest BCUT2D eigenvalue weighted by Gasteiger charge is 2.32. The predicted molar refractivity (Wildman–Crippen MR) is 122 cm³/mol. The summed E-state index contributed by atoms with van der Waals surface area (Å²) in [4.78, 5) is 24.6. The molecule has 2 amide bonds. The normalized spacial score (nSPS) is 15.4. The van der Waals surface area contributed by atoms with E-state index in [0.717, 1.165) is 11.3 Å². The number of hydrogen-bond acceptors (Lipinski definition) is 5. The second-order valence-electron chi connectivity index (χ2n) is 7.85. The average Bonchev–Trinajstić information content (AvgIpc) is 3.45. The molecule has 0 aliphatic carbocycles. The van der Waals surface area contributed by atoms with E-state index in [1.54, 1.807) is 42.7 Å². The van der Waals surface area contributed by atoms with Gasteiger partial charge in [-0.1, -0.05) is 24.3 Å². The first kappa shape index (κ1) is 22.3. The highest BCUT2D eigenvalue weighted by Crippen LogP contribution is 2.29. The zero-order valence-electron chi connectivity index (χ0n) is 18.1. The Labute approximate surface area is 190 Å². The van der Waals surface area contributed by atoms with E-state index in [4.69, 9.17) is 14.6 Å². The Hall–Kier alpha value is -3.94. The minimum atomic E-state index is -0.574. The van der Waals surface area contributed by atoms with Crippen LogP contribution in [0.5, 0.6) is 0 Å². The zero-order valence-corrected chi connectivity index (χ0v) is 18.1. The Bertz CT molecular complexity index is 1160. The number of ether oxygens (including phenoxy) is 1. The number of nitrogens with one attached hydrogen (secondary N) is 2. The topological polar surface area (TPSA) is 95.6 Å². The van der Waals surface area contributed by atoms with Crippen molar-refractivity contribution in [2.75, 3.05) is 18.0 Å². The first-order chi connectivity index (χ1) is 15.9. The summed E-state index contributed by atoms with van der Waals surface area (Å²) in [6.07, 6.45) is 1.75. The molecule has 1 fully saturated rings. The molecule has 7 nitrogen and oxygen atoms in total. The van der Waals surface area contributed by atoms with E-state index < -0.39 is 18.0 Å². The van der Waals surface area contributed by atoms with Crippen LogP contribution < -0.4 is 10.2 Å². The Balaban J connectivity index is 1.42. The molecule has 1 saturated heterocycles. The molecule has 8 heteroatoms. The molecular formula is C25H24FN3O4. The second-order valence-corrected chi connectivity index (χ2v) is 7.85. The van der Waals surface area contributed by atoms with E-state index in [1.165, 1.54) is 17.9 Å². The summed E-state index contributed by atoms with van der Waals surface area (Å²) in [5, 5.41) is 10.9. The van der Waals surface area contributed by atoms with Gasteiger partial charge < -0.3 is 19.9 Å². The molecule has 2 aromatic carbocycles. The number of hydrogen-bond donors (Lipinski definition) is 2. The number of aryl methyl sites for hydroxylation is 1. The van der Waals surface area contributed by atoms with Crippen LogP contribution in [0.2, 0.25) is 0 Å². The van der Waals surface area contributed by atoms with Gasteiger partial charge in [-0.2, -0.15) is 0 Å². The molecular weight excluding hydrogens is 425 g/mol. The molecule has 1 aliphatic rings. The van der Waals surface area contributed by atoms with E-state index in [0.29, 0.717) is 35.4 Å².